The van der Waals surface area contributed by atoms with Gasteiger partial charge in [0.2, 0.25) is 5.89 Å². The van der Waals surface area contributed by atoms with Crippen molar-refractivity contribution in [2.45, 2.75) is 13.0 Å². The molecule has 27 heavy (non-hydrogen) atoms. The number of aromatic nitrogens is 1. The van der Waals surface area contributed by atoms with Crippen LogP contribution in [0, 0.1) is 0 Å². The molecule has 3 rings (SSSR count). The number of amides is 1. The number of nitrogens with zero attached hydrogens (tertiary/aromatic N) is 1. The molecular formula is C20H23N3O4. The molecule has 0 bridgehead atoms. The van der Waals surface area contributed by atoms with Crippen LogP contribution in [0.2, 0.25) is 0 Å². The second-order valence-electron chi connectivity index (χ2n) is 5.91. The van der Waals surface area contributed by atoms with E-state index in [1.165, 1.54) is 7.11 Å². The molecule has 2 aromatic carbocycles. The number of carbonyl (C=O) groups excluding carboxylic acids is 1. The molecule has 7 heteroatoms. The SMILES string of the molecule is COC(=O)NCCc1ccc(OCCNCc2nc3ccccc3o2)cc1. The zero-order chi connectivity index (χ0) is 18.9. The van der Waals surface area contributed by atoms with Gasteiger partial charge in [0.05, 0.1) is 13.7 Å². The Labute approximate surface area is 157 Å². The second kappa shape index (κ2) is 9.59. The molecule has 0 atom stereocenters. The minimum Gasteiger partial charge on any atom is -0.492 e. The Balaban J connectivity index is 1.33. The summed E-state index contributed by atoms with van der Waals surface area (Å²) in [5.41, 5.74) is 2.78. The van der Waals surface area contributed by atoms with Crippen LogP contribution in [0.25, 0.3) is 11.1 Å². The third-order valence-corrected chi connectivity index (χ3v) is 3.95. The fraction of sp³-hybridized carbons (Fsp3) is 0.300. The highest BCUT2D eigenvalue weighted by Gasteiger charge is 2.04. The van der Waals surface area contributed by atoms with Crippen LogP contribution >= 0.6 is 0 Å². The van der Waals surface area contributed by atoms with Gasteiger partial charge in [-0.2, -0.15) is 0 Å². The zero-order valence-electron chi connectivity index (χ0n) is 15.2. The number of carbonyl (C=O) groups is 1. The number of para-hydroxylation sites is 2. The van der Waals surface area contributed by atoms with Crippen molar-refractivity contribution in [3.05, 3.63) is 60.0 Å². The quantitative estimate of drug-likeness (QED) is 0.564. The summed E-state index contributed by atoms with van der Waals surface area (Å²) in [6.07, 6.45) is 0.321. The first-order valence-corrected chi connectivity index (χ1v) is 8.83. The summed E-state index contributed by atoms with van der Waals surface area (Å²) in [4.78, 5) is 15.4. The lowest BCUT2D eigenvalue weighted by Gasteiger charge is -2.08. The normalized spacial score (nSPS) is 10.7. The van der Waals surface area contributed by atoms with Crippen molar-refractivity contribution in [2.24, 2.45) is 0 Å². The van der Waals surface area contributed by atoms with Gasteiger partial charge in [0.1, 0.15) is 17.9 Å². The third kappa shape index (κ3) is 5.72. The summed E-state index contributed by atoms with van der Waals surface area (Å²) >= 11 is 0. The molecule has 0 aliphatic heterocycles. The standard InChI is InChI=1S/C20H23N3O4/c1-25-20(24)22-11-10-15-6-8-16(9-7-15)26-13-12-21-14-19-23-17-4-2-3-5-18(17)27-19/h2-9,21H,10-14H2,1H3,(H,22,24). The van der Waals surface area contributed by atoms with Gasteiger partial charge >= 0.3 is 6.09 Å². The number of hydrogen-bond donors (Lipinski definition) is 2. The fourth-order valence-corrected chi connectivity index (χ4v) is 2.57. The highest BCUT2D eigenvalue weighted by molar-refractivity contribution is 5.72. The number of ether oxygens (including phenoxy) is 2. The van der Waals surface area contributed by atoms with E-state index in [0.717, 1.165) is 28.8 Å². The van der Waals surface area contributed by atoms with Gasteiger partial charge in [-0.3, -0.25) is 0 Å². The van der Waals surface area contributed by atoms with E-state index in [1.807, 2.05) is 48.5 Å². The molecule has 1 heterocycles. The Kier molecular flexibility index (Phi) is 6.65. The van der Waals surface area contributed by atoms with Gasteiger partial charge in [-0.05, 0) is 36.2 Å². The number of hydrogen-bond acceptors (Lipinski definition) is 6. The molecule has 2 N–H and O–H groups in total. The van der Waals surface area contributed by atoms with E-state index < -0.39 is 6.09 Å². The predicted octanol–water partition coefficient (Wildman–Crippen LogP) is 2.89. The van der Waals surface area contributed by atoms with Crippen LogP contribution in [0.3, 0.4) is 0 Å². The van der Waals surface area contributed by atoms with Gasteiger partial charge in [0, 0.05) is 13.1 Å². The predicted molar refractivity (Wildman–Crippen MR) is 102 cm³/mol. The maximum atomic E-state index is 11.0. The van der Waals surface area contributed by atoms with Gasteiger partial charge in [-0.15, -0.1) is 0 Å². The van der Waals surface area contributed by atoms with Crippen molar-refractivity contribution in [3.63, 3.8) is 0 Å². The van der Waals surface area contributed by atoms with Crippen LogP contribution in [0.1, 0.15) is 11.5 Å². The summed E-state index contributed by atoms with van der Waals surface area (Å²) in [5, 5.41) is 5.91. The minimum atomic E-state index is -0.416. The monoisotopic (exact) mass is 369 g/mol. The molecule has 1 amide bonds. The van der Waals surface area contributed by atoms with Crippen molar-refractivity contribution in [1.82, 2.24) is 15.6 Å². The van der Waals surface area contributed by atoms with E-state index in [0.29, 0.717) is 32.1 Å². The Morgan fingerprint density at radius 3 is 2.70 bits per heavy atom. The molecule has 0 aliphatic carbocycles. The van der Waals surface area contributed by atoms with E-state index in [-0.39, 0.29) is 0 Å². The van der Waals surface area contributed by atoms with Gasteiger partial charge in [-0.1, -0.05) is 24.3 Å². The second-order valence-corrected chi connectivity index (χ2v) is 5.91. The maximum absolute atomic E-state index is 11.0. The molecule has 1 aromatic heterocycles. The van der Waals surface area contributed by atoms with Crippen LogP contribution in [0.15, 0.2) is 52.9 Å². The average Bonchev–Trinajstić information content (AvgIpc) is 3.11. The van der Waals surface area contributed by atoms with Crippen LogP contribution in [0.5, 0.6) is 5.75 Å². The number of benzene rings is 2. The smallest absolute Gasteiger partial charge is 0.406 e. The van der Waals surface area contributed by atoms with Crippen LogP contribution in [-0.2, 0) is 17.7 Å². The van der Waals surface area contributed by atoms with E-state index in [1.54, 1.807) is 0 Å². The fourth-order valence-electron chi connectivity index (χ4n) is 2.57. The Morgan fingerprint density at radius 2 is 1.93 bits per heavy atom. The van der Waals surface area contributed by atoms with Crippen molar-refractivity contribution in [3.8, 4) is 5.75 Å². The number of fused-ring (bicyclic) bond motifs is 1. The van der Waals surface area contributed by atoms with Crippen molar-refractivity contribution in [1.29, 1.82) is 0 Å². The summed E-state index contributed by atoms with van der Waals surface area (Å²) in [7, 11) is 1.35. The van der Waals surface area contributed by atoms with E-state index in [2.05, 4.69) is 20.4 Å². The first kappa shape index (κ1) is 18.7. The highest BCUT2D eigenvalue weighted by Crippen LogP contribution is 2.14. The van der Waals surface area contributed by atoms with Crippen LogP contribution in [-0.4, -0.2) is 37.9 Å². The molecule has 0 radical (unpaired) electrons. The van der Waals surface area contributed by atoms with Crippen molar-refractivity contribution < 1.29 is 18.7 Å². The number of rotatable bonds is 9. The number of oxazole rings is 1. The first-order chi connectivity index (χ1) is 13.2. The lowest BCUT2D eigenvalue weighted by atomic mass is 10.1. The van der Waals surface area contributed by atoms with Crippen LogP contribution < -0.4 is 15.4 Å². The molecule has 142 valence electrons. The van der Waals surface area contributed by atoms with E-state index >= 15 is 0 Å². The molecule has 7 nitrogen and oxygen atoms in total. The lowest BCUT2D eigenvalue weighted by molar-refractivity contribution is 0.171. The average molecular weight is 369 g/mol. The first-order valence-electron chi connectivity index (χ1n) is 8.83. The van der Waals surface area contributed by atoms with Gasteiger partial charge in [0.15, 0.2) is 5.58 Å². The zero-order valence-corrected chi connectivity index (χ0v) is 15.2. The molecule has 0 fully saturated rings. The minimum absolute atomic E-state index is 0.416. The highest BCUT2D eigenvalue weighted by atomic mass is 16.5. The summed E-state index contributed by atoms with van der Waals surface area (Å²) < 4.78 is 15.9. The molecule has 0 spiro atoms. The summed E-state index contributed by atoms with van der Waals surface area (Å²) in [6, 6.07) is 15.5. The third-order valence-electron chi connectivity index (χ3n) is 3.95. The largest absolute Gasteiger partial charge is 0.492 e. The molecule has 3 aromatic rings. The summed E-state index contributed by atoms with van der Waals surface area (Å²) in [6.45, 7) is 2.32. The Hall–Kier alpha value is -3.06. The Morgan fingerprint density at radius 1 is 1.11 bits per heavy atom. The molecule has 0 saturated heterocycles. The lowest BCUT2D eigenvalue weighted by Crippen LogP contribution is -2.25. The molecular weight excluding hydrogens is 346 g/mol. The maximum Gasteiger partial charge on any atom is 0.406 e. The molecule has 0 unspecified atom stereocenters. The summed E-state index contributed by atoms with van der Waals surface area (Å²) in [5.74, 6) is 1.48. The van der Waals surface area contributed by atoms with E-state index in [4.69, 9.17) is 9.15 Å². The number of nitrogens with one attached hydrogen (secondary N) is 2. The molecule has 0 aliphatic rings. The van der Waals surface area contributed by atoms with Gasteiger partial charge in [0.25, 0.3) is 0 Å². The van der Waals surface area contributed by atoms with Crippen molar-refractivity contribution >= 4 is 17.2 Å². The number of alkyl carbamates (subject to hydrolysis) is 1. The van der Waals surface area contributed by atoms with Crippen molar-refractivity contribution in [2.75, 3.05) is 26.8 Å². The van der Waals surface area contributed by atoms with Gasteiger partial charge in [-0.25, -0.2) is 9.78 Å². The number of methoxy groups -OCH3 is 1. The Bertz CT molecular complexity index is 828. The van der Waals surface area contributed by atoms with E-state index in [9.17, 15) is 4.79 Å². The molecule has 0 saturated carbocycles. The van der Waals surface area contributed by atoms with Crippen LogP contribution in [0.4, 0.5) is 4.79 Å². The van der Waals surface area contributed by atoms with Gasteiger partial charge < -0.3 is 24.5 Å². The topological polar surface area (TPSA) is 85.6 Å².